The number of anilines is 1. The average Bonchev–Trinajstić information content (AvgIpc) is 3.63. The standard InChI is InChI=1S/C27H31FN8O/c1-26-9-4-10-27(2,15-26)23(28)19(12-26)36(17-6-7-17)22-14-30-25(33-32-22)18-8-5-16(11-20(18)37)24-31-21(13-29)35(3)34-24/h5,8,11,14,17,19,23,37H,4,6-7,9-10,12,15H2,1-3H3/t19-,23-,26-,27-/m0/s1. The number of nitrogens with zero attached hydrogens (tertiary/aromatic N) is 8. The van der Waals surface area contributed by atoms with E-state index in [4.69, 9.17) is 5.26 Å². The van der Waals surface area contributed by atoms with Gasteiger partial charge in [-0.3, -0.25) is 0 Å². The lowest BCUT2D eigenvalue weighted by Gasteiger charge is -2.56. The minimum atomic E-state index is -0.915. The third-order valence-electron chi connectivity index (χ3n) is 8.54. The van der Waals surface area contributed by atoms with Crippen LogP contribution >= 0.6 is 0 Å². The molecule has 4 atom stereocenters. The maximum absolute atomic E-state index is 16.0. The van der Waals surface area contributed by atoms with Gasteiger partial charge in [-0.15, -0.1) is 10.2 Å². The first-order chi connectivity index (χ1) is 17.7. The molecule has 9 nitrogen and oxygen atoms in total. The van der Waals surface area contributed by atoms with Gasteiger partial charge in [-0.1, -0.05) is 26.3 Å². The quantitative estimate of drug-likeness (QED) is 0.539. The number of rotatable bonds is 5. The predicted molar refractivity (Wildman–Crippen MR) is 135 cm³/mol. The third kappa shape index (κ3) is 4.10. The van der Waals surface area contributed by atoms with Gasteiger partial charge in [0.25, 0.3) is 0 Å². The highest BCUT2D eigenvalue weighted by molar-refractivity contribution is 5.70. The van der Waals surface area contributed by atoms with Crippen LogP contribution in [0.5, 0.6) is 5.75 Å². The fraction of sp³-hybridized carbons (Fsp3) is 0.556. The zero-order valence-electron chi connectivity index (χ0n) is 21.4. The zero-order valence-corrected chi connectivity index (χ0v) is 21.4. The van der Waals surface area contributed by atoms with Crippen LogP contribution in [0.15, 0.2) is 24.4 Å². The van der Waals surface area contributed by atoms with Gasteiger partial charge in [-0.05, 0) is 56.1 Å². The van der Waals surface area contributed by atoms with Gasteiger partial charge in [-0.2, -0.15) is 15.3 Å². The molecule has 37 heavy (non-hydrogen) atoms. The number of alkyl halides is 1. The fourth-order valence-electron chi connectivity index (χ4n) is 6.75. The van der Waals surface area contributed by atoms with Crippen molar-refractivity contribution in [2.45, 2.75) is 77.0 Å². The second-order valence-corrected chi connectivity index (χ2v) is 11.7. The molecular formula is C27H31FN8O. The SMILES string of the molecule is Cn1nc(-c2ccc(-c3ncc(N(C4CC4)[C@H]4C[C@]5(C)CCC[C@@](C)(C5)[C@H]4F)nn3)c(O)c2)nc1C#N. The summed E-state index contributed by atoms with van der Waals surface area (Å²) in [6.07, 6.45) is 7.74. The van der Waals surface area contributed by atoms with Gasteiger partial charge in [0.1, 0.15) is 18.0 Å². The number of fused-ring (bicyclic) bond motifs is 2. The van der Waals surface area contributed by atoms with E-state index in [1.54, 1.807) is 25.4 Å². The first-order valence-corrected chi connectivity index (χ1v) is 13.0. The van der Waals surface area contributed by atoms with E-state index in [-0.39, 0.29) is 40.3 Å². The van der Waals surface area contributed by atoms with E-state index < -0.39 is 6.17 Å². The number of phenolic OH excluding ortho intramolecular Hbond substituents is 1. The molecule has 2 heterocycles. The Kier molecular flexibility index (Phi) is 5.44. The van der Waals surface area contributed by atoms with Crippen LogP contribution in [0.1, 0.15) is 64.6 Å². The number of aromatic hydroxyl groups is 1. The van der Waals surface area contributed by atoms with Gasteiger partial charge in [0.05, 0.1) is 17.8 Å². The lowest BCUT2D eigenvalue weighted by molar-refractivity contribution is -0.0554. The van der Waals surface area contributed by atoms with E-state index in [1.165, 1.54) is 10.7 Å². The van der Waals surface area contributed by atoms with Crippen molar-refractivity contribution >= 4 is 5.82 Å². The van der Waals surface area contributed by atoms with Gasteiger partial charge in [0.2, 0.25) is 5.82 Å². The number of aromatic nitrogens is 6. The molecule has 2 aromatic heterocycles. The Balaban J connectivity index is 1.28. The summed E-state index contributed by atoms with van der Waals surface area (Å²) in [7, 11) is 1.64. The average molecular weight is 503 g/mol. The van der Waals surface area contributed by atoms with Crippen LogP contribution in [-0.4, -0.2) is 53.3 Å². The van der Waals surface area contributed by atoms with E-state index in [0.29, 0.717) is 22.8 Å². The topological polar surface area (TPSA) is 117 Å². The van der Waals surface area contributed by atoms with E-state index in [9.17, 15) is 5.11 Å². The summed E-state index contributed by atoms with van der Waals surface area (Å²) < 4.78 is 17.4. The first-order valence-electron chi connectivity index (χ1n) is 13.0. The molecule has 0 saturated heterocycles. The highest BCUT2D eigenvalue weighted by Crippen LogP contribution is 2.58. The van der Waals surface area contributed by atoms with Crippen LogP contribution in [0.25, 0.3) is 22.8 Å². The molecule has 192 valence electrons. The molecule has 10 heteroatoms. The molecule has 0 amide bonds. The van der Waals surface area contributed by atoms with Gasteiger partial charge in [-0.25, -0.2) is 14.1 Å². The summed E-state index contributed by atoms with van der Waals surface area (Å²) >= 11 is 0. The highest BCUT2D eigenvalue weighted by atomic mass is 19.1. The zero-order chi connectivity index (χ0) is 25.9. The number of halogens is 1. The summed E-state index contributed by atoms with van der Waals surface area (Å²) in [4.78, 5) is 10.9. The van der Waals surface area contributed by atoms with Crippen molar-refractivity contribution in [1.82, 2.24) is 29.9 Å². The minimum absolute atomic E-state index is 0.0400. The van der Waals surface area contributed by atoms with Crippen molar-refractivity contribution in [1.29, 1.82) is 5.26 Å². The Morgan fingerprint density at radius 2 is 2.00 bits per heavy atom. The Hall–Kier alpha value is -3.61. The highest BCUT2D eigenvalue weighted by Gasteiger charge is 2.56. The van der Waals surface area contributed by atoms with Gasteiger partial charge in [0, 0.05) is 24.1 Å². The number of hydrogen-bond donors (Lipinski definition) is 1. The van der Waals surface area contributed by atoms with Gasteiger partial charge in [0.15, 0.2) is 17.5 Å². The van der Waals surface area contributed by atoms with Crippen LogP contribution < -0.4 is 4.90 Å². The molecule has 0 aliphatic heterocycles. The Morgan fingerprint density at radius 3 is 2.65 bits per heavy atom. The number of benzene rings is 1. The van der Waals surface area contributed by atoms with Gasteiger partial charge < -0.3 is 10.0 Å². The first kappa shape index (κ1) is 23.8. The monoisotopic (exact) mass is 502 g/mol. The summed E-state index contributed by atoms with van der Waals surface area (Å²) in [6, 6.07) is 6.97. The van der Waals surface area contributed by atoms with Crippen molar-refractivity contribution in [3.63, 3.8) is 0 Å². The lowest BCUT2D eigenvalue weighted by Crippen LogP contribution is -2.58. The number of hydrogen-bond acceptors (Lipinski definition) is 8. The molecule has 0 spiro atoms. The molecule has 3 aliphatic rings. The molecule has 0 unspecified atom stereocenters. The smallest absolute Gasteiger partial charge is 0.231 e. The summed E-state index contributed by atoms with van der Waals surface area (Å²) in [5, 5.41) is 32.9. The molecule has 0 radical (unpaired) electrons. The molecule has 3 aliphatic carbocycles. The van der Waals surface area contributed by atoms with Crippen molar-refractivity contribution in [2.24, 2.45) is 17.9 Å². The third-order valence-corrected chi connectivity index (χ3v) is 8.54. The van der Waals surface area contributed by atoms with Crippen LogP contribution in [0.3, 0.4) is 0 Å². The number of phenols is 1. The van der Waals surface area contributed by atoms with E-state index in [1.807, 2.05) is 6.07 Å². The molecule has 1 N–H and O–H groups in total. The van der Waals surface area contributed by atoms with E-state index >= 15 is 4.39 Å². The van der Waals surface area contributed by atoms with Crippen LogP contribution in [0.2, 0.25) is 0 Å². The Morgan fingerprint density at radius 1 is 1.19 bits per heavy atom. The Labute approximate surface area is 215 Å². The molecule has 6 rings (SSSR count). The summed E-state index contributed by atoms with van der Waals surface area (Å²) in [5.74, 6) is 1.37. The normalized spacial score (nSPS) is 29.1. The van der Waals surface area contributed by atoms with E-state index in [2.05, 4.69) is 44.0 Å². The molecular weight excluding hydrogens is 471 g/mol. The molecule has 3 aromatic rings. The molecule has 3 saturated carbocycles. The van der Waals surface area contributed by atoms with Gasteiger partial charge >= 0.3 is 0 Å². The van der Waals surface area contributed by atoms with Crippen molar-refractivity contribution in [3.8, 4) is 34.6 Å². The second-order valence-electron chi connectivity index (χ2n) is 11.7. The minimum Gasteiger partial charge on any atom is -0.507 e. The fourth-order valence-corrected chi connectivity index (χ4v) is 6.75. The largest absolute Gasteiger partial charge is 0.507 e. The summed E-state index contributed by atoms with van der Waals surface area (Å²) in [6.45, 7) is 4.43. The molecule has 2 bridgehead atoms. The van der Waals surface area contributed by atoms with Crippen LogP contribution in [-0.2, 0) is 7.05 Å². The van der Waals surface area contributed by atoms with Crippen LogP contribution in [0.4, 0.5) is 10.2 Å². The lowest BCUT2D eigenvalue weighted by atomic mass is 9.54. The summed E-state index contributed by atoms with van der Waals surface area (Å²) in [5.41, 5.74) is 0.848. The maximum atomic E-state index is 16.0. The molecule has 3 fully saturated rings. The molecule has 1 aromatic carbocycles. The second kappa shape index (κ2) is 8.47. The van der Waals surface area contributed by atoms with E-state index in [0.717, 1.165) is 44.9 Å². The predicted octanol–water partition coefficient (Wildman–Crippen LogP) is 4.58. The number of aryl methyl sites for hydroxylation is 1. The maximum Gasteiger partial charge on any atom is 0.231 e. The number of nitriles is 1. The van der Waals surface area contributed by atoms with Crippen molar-refractivity contribution < 1.29 is 9.50 Å². The van der Waals surface area contributed by atoms with Crippen molar-refractivity contribution in [2.75, 3.05) is 4.90 Å². The van der Waals surface area contributed by atoms with Crippen LogP contribution in [0, 0.1) is 22.2 Å². The Bertz CT molecular complexity index is 1380. The van der Waals surface area contributed by atoms with Crippen molar-refractivity contribution in [3.05, 3.63) is 30.2 Å².